The van der Waals surface area contributed by atoms with Crippen molar-refractivity contribution in [2.45, 2.75) is 65.1 Å². The molecule has 1 unspecified atom stereocenters. The third-order valence-corrected chi connectivity index (χ3v) is 5.02. The first-order valence-corrected chi connectivity index (χ1v) is 9.31. The third kappa shape index (κ3) is 4.57. The summed E-state index contributed by atoms with van der Waals surface area (Å²) in [6, 6.07) is 0.581. The zero-order valence-corrected chi connectivity index (χ0v) is 15.3. The standard InChI is InChI=1S/C18H32N4O2/c1-4-10-22-13-9-19-18(22)16(23)14-17(24)21-11-7-15(8-12-21)20(5-2)6-3/h9,13,15-16,23H,4-8,10-12,14H2,1-3H3. The largest absolute Gasteiger partial charge is 0.385 e. The lowest BCUT2D eigenvalue weighted by Gasteiger charge is -2.38. The van der Waals surface area contributed by atoms with E-state index in [2.05, 4.69) is 30.7 Å². The molecule has 1 fully saturated rings. The van der Waals surface area contributed by atoms with Crippen molar-refractivity contribution < 1.29 is 9.90 Å². The van der Waals surface area contributed by atoms with Crippen molar-refractivity contribution in [2.24, 2.45) is 0 Å². The number of hydrogen-bond acceptors (Lipinski definition) is 4. The van der Waals surface area contributed by atoms with E-state index in [1.165, 1.54) is 0 Å². The van der Waals surface area contributed by atoms with Crippen LogP contribution in [-0.2, 0) is 11.3 Å². The smallest absolute Gasteiger partial charge is 0.225 e. The number of piperidine rings is 1. The van der Waals surface area contributed by atoms with Gasteiger partial charge in [-0.2, -0.15) is 0 Å². The van der Waals surface area contributed by atoms with Crippen molar-refractivity contribution in [1.29, 1.82) is 0 Å². The predicted octanol–water partition coefficient (Wildman–Crippen LogP) is 2.05. The number of rotatable bonds is 8. The molecule has 0 aliphatic carbocycles. The molecule has 1 amide bonds. The Bertz CT molecular complexity index is 505. The summed E-state index contributed by atoms with van der Waals surface area (Å²) in [7, 11) is 0. The van der Waals surface area contributed by atoms with Gasteiger partial charge < -0.3 is 19.5 Å². The second-order valence-corrected chi connectivity index (χ2v) is 6.53. The quantitative estimate of drug-likeness (QED) is 0.789. The molecule has 0 saturated carbocycles. The Labute approximate surface area is 145 Å². The summed E-state index contributed by atoms with van der Waals surface area (Å²) in [4.78, 5) is 21.1. The molecule has 0 aromatic carbocycles. The monoisotopic (exact) mass is 336 g/mol. The number of imidazole rings is 1. The second-order valence-electron chi connectivity index (χ2n) is 6.53. The number of amides is 1. The molecule has 1 aliphatic rings. The molecule has 2 heterocycles. The maximum atomic E-state index is 12.5. The van der Waals surface area contributed by atoms with Crippen LogP contribution in [0.25, 0.3) is 0 Å². The zero-order valence-electron chi connectivity index (χ0n) is 15.3. The van der Waals surface area contributed by atoms with Gasteiger partial charge in [-0.3, -0.25) is 4.79 Å². The fourth-order valence-corrected chi connectivity index (χ4v) is 3.65. The van der Waals surface area contributed by atoms with E-state index in [0.717, 1.165) is 52.0 Å². The Morgan fingerprint density at radius 1 is 1.33 bits per heavy atom. The molecular weight excluding hydrogens is 304 g/mol. The lowest BCUT2D eigenvalue weighted by Crippen LogP contribution is -2.46. The van der Waals surface area contributed by atoms with Gasteiger partial charge in [-0.15, -0.1) is 0 Å². The van der Waals surface area contributed by atoms with Crippen molar-refractivity contribution >= 4 is 5.91 Å². The number of likely N-dealkylation sites (tertiary alicyclic amines) is 1. The van der Waals surface area contributed by atoms with Crippen LogP contribution in [0.3, 0.4) is 0 Å². The molecule has 136 valence electrons. The fraction of sp³-hybridized carbons (Fsp3) is 0.778. The molecule has 6 heteroatoms. The minimum Gasteiger partial charge on any atom is -0.385 e. The minimum atomic E-state index is -0.820. The van der Waals surface area contributed by atoms with Crippen LogP contribution in [-0.4, -0.2) is 62.6 Å². The molecule has 1 atom stereocenters. The first kappa shape index (κ1) is 18.9. The lowest BCUT2D eigenvalue weighted by molar-refractivity contribution is -0.135. The second kappa shape index (κ2) is 9.18. The van der Waals surface area contributed by atoms with Crippen LogP contribution < -0.4 is 0 Å². The van der Waals surface area contributed by atoms with Crippen LogP contribution >= 0.6 is 0 Å². The van der Waals surface area contributed by atoms with Crippen LogP contribution in [0, 0.1) is 0 Å². The van der Waals surface area contributed by atoms with Gasteiger partial charge in [-0.05, 0) is 32.4 Å². The molecule has 0 spiro atoms. The molecule has 1 saturated heterocycles. The van der Waals surface area contributed by atoms with Gasteiger partial charge in [-0.25, -0.2) is 4.98 Å². The minimum absolute atomic E-state index is 0.0338. The number of carbonyl (C=O) groups is 1. The molecule has 1 N–H and O–H groups in total. The Morgan fingerprint density at radius 3 is 2.58 bits per heavy atom. The summed E-state index contributed by atoms with van der Waals surface area (Å²) >= 11 is 0. The number of aromatic nitrogens is 2. The highest BCUT2D eigenvalue weighted by Gasteiger charge is 2.27. The maximum absolute atomic E-state index is 12.5. The molecule has 2 rings (SSSR count). The van der Waals surface area contributed by atoms with Crippen molar-refractivity contribution in [3.05, 3.63) is 18.2 Å². The van der Waals surface area contributed by atoms with Crippen LogP contribution in [0.2, 0.25) is 0 Å². The Morgan fingerprint density at radius 2 is 2.00 bits per heavy atom. The van der Waals surface area contributed by atoms with Gasteiger partial charge in [0.15, 0.2) is 0 Å². The highest BCUT2D eigenvalue weighted by molar-refractivity contribution is 5.76. The Hall–Kier alpha value is -1.40. The van der Waals surface area contributed by atoms with Crippen LogP contribution in [0.15, 0.2) is 12.4 Å². The van der Waals surface area contributed by atoms with Crippen molar-refractivity contribution in [3.63, 3.8) is 0 Å². The average Bonchev–Trinajstić information content (AvgIpc) is 3.05. The van der Waals surface area contributed by atoms with E-state index in [9.17, 15) is 9.90 Å². The van der Waals surface area contributed by atoms with E-state index in [1.54, 1.807) is 6.20 Å². The van der Waals surface area contributed by atoms with Gasteiger partial charge >= 0.3 is 0 Å². The van der Waals surface area contributed by atoms with E-state index >= 15 is 0 Å². The highest BCUT2D eigenvalue weighted by Crippen LogP contribution is 2.21. The number of aliphatic hydroxyl groups is 1. The summed E-state index contributed by atoms with van der Waals surface area (Å²) in [6.07, 6.45) is 5.87. The van der Waals surface area contributed by atoms with E-state index in [0.29, 0.717) is 11.9 Å². The Kier molecular flexibility index (Phi) is 7.24. The first-order valence-electron chi connectivity index (χ1n) is 9.31. The molecule has 6 nitrogen and oxygen atoms in total. The molecule has 0 bridgehead atoms. The van der Waals surface area contributed by atoms with Gasteiger partial charge in [0.25, 0.3) is 0 Å². The number of aryl methyl sites for hydroxylation is 1. The van der Waals surface area contributed by atoms with Crippen LogP contribution in [0.1, 0.15) is 58.4 Å². The number of hydrogen-bond donors (Lipinski definition) is 1. The SMILES string of the molecule is CCCn1ccnc1C(O)CC(=O)N1CCC(N(CC)CC)CC1. The van der Waals surface area contributed by atoms with Gasteiger partial charge in [0, 0.05) is 38.1 Å². The van der Waals surface area contributed by atoms with Gasteiger partial charge in [0.1, 0.15) is 11.9 Å². The van der Waals surface area contributed by atoms with Crippen molar-refractivity contribution in [1.82, 2.24) is 19.4 Å². The van der Waals surface area contributed by atoms with E-state index in [-0.39, 0.29) is 12.3 Å². The molecule has 24 heavy (non-hydrogen) atoms. The van der Waals surface area contributed by atoms with Crippen LogP contribution in [0.4, 0.5) is 0 Å². The topological polar surface area (TPSA) is 61.6 Å². The molecule has 0 radical (unpaired) electrons. The molecule has 1 aromatic rings. The predicted molar refractivity (Wildman–Crippen MR) is 94.6 cm³/mol. The summed E-state index contributed by atoms with van der Waals surface area (Å²) < 4.78 is 1.94. The number of nitrogens with zero attached hydrogens (tertiary/aromatic N) is 4. The summed E-state index contributed by atoms with van der Waals surface area (Å²) in [5, 5.41) is 10.4. The molecule has 1 aliphatic heterocycles. The van der Waals surface area contributed by atoms with Crippen molar-refractivity contribution in [3.8, 4) is 0 Å². The van der Waals surface area contributed by atoms with Gasteiger partial charge in [0.05, 0.1) is 6.42 Å². The normalized spacial score (nSPS) is 17.5. The third-order valence-electron chi connectivity index (χ3n) is 5.02. The van der Waals surface area contributed by atoms with Crippen molar-refractivity contribution in [2.75, 3.05) is 26.2 Å². The lowest BCUT2D eigenvalue weighted by atomic mass is 10.0. The fourth-order valence-electron chi connectivity index (χ4n) is 3.65. The first-order chi connectivity index (χ1) is 11.6. The number of carbonyl (C=O) groups excluding carboxylic acids is 1. The van der Waals surface area contributed by atoms with Gasteiger partial charge in [-0.1, -0.05) is 20.8 Å². The van der Waals surface area contributed by atoms with Gasteiger partial charge in [0.2, 0.25) is 5.91 Å². The summed E-state index contributed by atoms with van der Waals surface area (Å²) in [6.45, 7) is 11.0. The molecule has 1 aromatic heterocycles. The summed E-state index contributed by atoms with van der Waals surface area (Å²) in [5.41, 5.74) is 0. The van der Waals surface area contributed by atoms with Crippen LogP contribution in [0.5, 0.6) is 0 Å². The molecular formula is C18H32N4O2. The number of aliphatic hydroxyl groups excluding tert-OH is 1. The van der Waals surface area contributed by atoms with E-state index < -0.39 is 6.10 Å². The maximum Gasteiger partial charge on any atom is 0.225 e. The van der Waals surface area contributed by atoms with E-state index in [4.69, 9.17) is 0 Å². The Balaban J connectivity index is 1.86. The zero-order chi connectivity index (χ0) is 17.5. The summed E-state index contributed by atoms with van der Waals surface area (Å²) in [5.74, 6) is 0.634. The van der Waals surface area contributed by atoms with E-state index in [1.807, 2.05) is 15.7 Å². The average molecular weight is 336 g/mol. The highest BCUT2D eigenvalue weighted by atomic mass is 16.3.